The van der Waals surface area contributed by atoms with Gasteiger partial charge in [0.25, 0.3) is 0 Å². The van der Waals surface area contributed by atoms with Crippen LogP contribution in [0, 0.1) is 10.8 Å². The molecule has 206 valence electrons. The molecule has 0 amide bonds. The molecule has 0 spiro atoms. The quantitative estimate of drug-likeness (QED) is 0.340. The molecule has 2 unspecified atom stereocenters. The van der Waals surface area contributed by atoms with Crippen LogP contribution in [-0.4, -0.2) is 58.3 Å². The number of aliphatic carboxylic acids is 2. The first kappa shape index (κ1) is 43.7. The predicted octanol–water partition coefficient (Wildman–Crippen LogP) is 1.34. The Kier molecular flexibility index (Phi) is 22.5. The monoisotopic (exact) mass is 604 g/mol. The van der Waals surface area contributed by atoms with Crippen molar-refractivity contribution in [2.45, 2.75) is 92.8 Å². The van der Waals surface area contributed by atoms with E-state index < -0.39 is 59.5 Å². The van der Waals surface area contributed by atoms with E-state index in [0.717, 1.165) is 13.8 Å². The van der Waals surface area contributed by atoms with Gasteiger partial charge in [0.1, 0.15) is 0 Å². The fourth-order valence-corrected chi connectivity index (χ4v) is 2.11. The Morgan fingerprint density at radius 1 is 0.657 bits per heavy atom. The van der Waals surface area contributed by atoms with Crippen molar-refractivity contribution in [3.8, 4) is 0 Å². The van der Waals surface area contributed by atoms with Crippen LogP contribution in [0.1, 0.15) is 68.2 Å². The van der Waals surface area contributed by atoms with Crippen molar-refractivity contribution < 1.29 is 92.2 Å². The second-order valence-electron chi connectivity index (χ2n) is 7.39. The zero-order chi connectivity index (χ0) is 28.9. The van der Waals surface area contributed by atoms with Gasteiger partial charge in [-0.2, -0.15) is 26.3 Å². The van der Waals surface area contributed by atoms with E-state index >= 15 is 0 Å². The summed E-state index contributed by atoms with van der Waals surface area (Å²) in [6.07, 6.45) is -12.2. The molecule has 0 saturated heterocycles. The van der Waals surface area contributed by atoms with E-state index in [9.17, 15) is 55.7 Å². The van der Waals surface area contributed by atoms with Crippen LogP contribution in [0.15, 0.2) is 0 Å². The number of hydrogen-bond donors (Lipinski definition) is 2. The van der Waals surface area contributed by atoms with E-state index in [1.807, 2.05) is 0 Å². The number of aliphatic hydroxyl groups is 2. The molecule has 2 atom stereocenters. The number of halogens is 6. The molecule has 0 aliphatic heterocycles. The maximum atomic E-state index is 12.2. The fraction of sp³-hybridized carbons (Fsp3) is 0.800. The minimum absolute atomic E-state index is 0. The molecular formula is C20H32F6O8Zr. The van der Waals surface area contributed by atoms with E-state index in [1.165, 1.54) is 0 Å². The molecule has 35 heavy (non-hydrogen) atoms. The van der Waals surface area contributed by atoms with Crippen LogP contribution in [0.5, 0.6) is 0 Å². The molecule has 0 fully saturated rings. The number of aliphatic hydroxyl groups excluding tert-OH is 2. The van der Waals surface area contributed by atoms with Crippen molar-refractivity contribution >= 4 is 23.5 Å². The third kappa shape index (κ3) is 14.1. The summed E-state index contributed by atoms with van der Waals surface area (Å²) in [5, 5.41) is 36.7. The Hall–Kier alpha value is -1.34. The van der Waals surface area contributed by atoms with Crippen molar-refractivity contribution in [2.24, 2.45) is 10.8 Å². The van der Waals surface area contributed by atoms with Crippen molar-refractivity contribution in [3.63, 3.8) is 0 Å². The molecule has 0 aliphatic rings. The summed E-state index contributed by atoms with van der Waals surface area (Å²) in [5.74, 6) is -7.70. The van der Waals surface area contributed by atoms with Gasteiger partial charge in [0.15, 0.2) is 22.4 Å². The number of carboxylic acid groups (broad SMARTS) is 2. The summed E-state index contributed by atoms with van der Waals surface area (Å²) in [6, 6.07) is 0. The van der Waals surface area contributed by atoms with Crippen molar-refractivity contribution in [1.29, 1.82) is 0 Å². The normalized spacial score (nSPS) is 14.2. The molecule has 15 heteroatoms. The molecule has 0 rings (SSSR count). The fourth-order valence-electron chi connectivity index (χ4n) is 2.11. The Labute approximate surface area is 219 Å². The van der Waals surface area contributed by atoms with Gasteiger partial charge < -0.3 is 30.0 Å². The molecule has 2 N–H and O–H groups in total. The number of carbonyl (C=O) groups excluding carboxylic acids is 4. The van der Waals surface area contributed by atoms with Crippen LogP contribution in [-0.2, 0) is 45.4 Å². The Morgan fingerprint density at radius 2 is 0.800 bits per heavy atom. The SMILES string of the molecule is CC(C)O.CC(C)O.CCC(C(C)=O)(C(=O)[O-])C(F)(F)F.CCC(C(C)=O)(C(=O)[O-])C(F)(F)F.[Zr+2]. The predicted molar refractivity (Wildman–Crippen MR) is 104 cm³/mol. The molecule has 8 nitrogen and oxygen atoms in total. The molecule has 0 aliphatic carbocycles. The van der Waals surface area contributed by atoms with E-state index in [-0.39, 0.29) is 38.4 Å². The van der Waals surface area contributed by atoms with Gasteiger partial charge in [-0.3, -0.25) is 9.59 Å². The zero-order valence-electron chi connectivity index (χ0n) is 20.7. The second-order valence-corrected chi connectivity index (χ2v) is 7.39. The molecule has 0 aromatic carbocycles. The van der Waals surface area contributed by atoms with Crippen molar-refractivity contribution in [2.75, 3.05) is 0 Å². The topological polar surface area (TPSA) is 155 Å². The van der Waals surface area contributed by atoms with Crippen LogP contribution in [0.3, 0.4) is 0 Å². The average Bonchev–Trinajstić information content (AvgIpc) is 2.52. The molecule has 0 saturated carbocycles. The molecule has 0 aromatic rings. The van der Waals surface area contributed by atoms with E-state index in [2.05, 4.69) is 0 Å². The maximum Gasteiger partial charge on any atom is 2.00 e. The Bertz CT molecular complexity index is 571. The largest absolute Gasteiger partial charge is 2.00 e. The average molecular weight is 606 g/mol. The van der Waals surface area contributed by atoms with Crippen molar-refractivity contribution in [1.82, 2.24) is 0 Å². The van der Waals surface area contributed by atoms with E-state index in [0.29, 0.717) is 13.8 Å². The summed E-state index contributed by atoms with van der Waals surface area (Å²) >= 11 is 0. The number of Topliss-reactive ketones (excluding diaryl/α,β-unsaturated/α-hetero) is 2. The number of ketones is 2. The van der Waals surface area contributed by atoms with Gasteiger partial charge in [0, 0.05) is 12.2 Å². The zero-order valence-corrected chi connectivity index (χ0v) is 23.1. The Morgan fingerprint density at radius 3 is 0.800 bits per heavy atom. The van der Waals surface area contributed by atoms with Gasteiger partial charge >= 0.3 is 38.6 Å². The van der Waals surface area contributed by atoms with Gasteiger partial charge in [-0.05, 0) is 54.4 Å². The van der Waals surface area contributed by atoms with Gasteiger partial charge in [-0.1, -0.05) is 13.8 Å². The number of hydrogen-bond acceptors (Lipinski definition) is 8. The summed E-state index contributed by atoms with van der Waals surface area (Å²) in [5.41, 5.74) is -6.71. The minimum Gasteiger partial charge on any atom is -0.549 e. The third-order valence-electron chi connectivity index (χ3n) is 3.93. The van der Waals surface area contributed by atoms with Crippen LogP contribution < -0.4 is 10.2 Å². The standard InChI is InChI=1S/2C7H9F3O3.2C3H8O.Zr/c2*1-3-6(4(2)11,5(12)13)7(8,9)10;2*1-3(2)4;/h2*3H2,1-2H3,(H,12,13);2*3-4H,1-2H3;/q;;;;+2/p-2. The number of alkyl halides is 6. The molecular weight excluding hydrogens is 573 g/mol. The van der Waals surface area contributed by atoms with Gasteiger partial charge in [-0.25, -0.2) is 0 Å². The number of carboxylic acids is 2. The van der Waals surface area contributed by atoms with Gasteiger partial charge in [0.2, 0.25) is 0 Å². The van der Waals surface area contributed by atoms with Crippen molar-refractivity contribution in [3.05, 3.63) is 0 Å². The molecule has 0 radical (unpaired) electrons. The first-order chi connectivity index (χ1) is 14.9. The van der Waals surface area contributed by atoms with Gasteiger partial charge in [0.05, 0.1) is 11.9 Å². The first-order valence-electron chi connectivity index (χ1n) is 9.81. The third-order valence-corrected chi connectivity index (χ3v) is 3.93. The Balaban J connectivity index is -0.000000128. The minimum atomic E-state index is -5.10. The van der Waals surface area contributed by atoms with Crippen LogP contribution in [0.4, 0.5) is 26.3 Å². The van der Waals surface area contributed by atoms with E-state index in [4.69, 9.17) is 10.2 Å². The molecule has 0 heterocycles. The number of carbonyl (C=O) groups is 4. The first-order valence-corrected chi connectivity index (χ1v) is 9.81. The van der Waals surface area contributed by atoms with Gasteiger partial charge in [-0.15, -0.1) is 0 Å². The summed E-state index contributed by atoms with van der Waals surface area (Å²) in [6.45, 7) is 10.0. The number of rotatable bonds is 6. The summed E-state index contributed by atoms with van der Waals surface area (Å²) in [4.78, 5) is 41.9. The molecule has 0 aromatic heterocycles. The summed E-state index contributed by atoms with van der Waals surface area (Å²) < 4.78 is 73.4. The maximum absolute atomic E-state index is 12.2. The second kappa shape index (κ2) is 18.0. The summed E-state index contributed by atoms with van der Waals surface area (Å²) in [7, 11) is 0. The van der Waals surface area contributed by atoms with E-state index in [1.54, 1.807) is 27.7 Å². The van der Waals surface area contributed by atoms with Crippen LogP contribution in [0.25, 0.3) is 0 Å². The van der Waals surface area contributed by atoms with Crippen LogP contribution in [0.2, 0.25) is 0 Å². The smallest absolute Gasteiger partial charge is 0.549 e. The molecule has 0 bridgehead atoms. The van der Waals surface area contributed by atoms with Crippen LogP contribution >= 0.6 is 0 Å².